The van der Waals surface area contributed by atoms with Crippen molar-refractivity contribution < 1.29 is 4.74 Å². The smallest absolute Gasteiger partial charge is 0.103 e. The van der Waals surface area contributed by atoms with E-state index in [1.54, 1.807) is 0 Å². The summed E-state index contributed by atoms with van der Waals surface area (Å²) < 4.78 is 7.69. The predicted molar refractivity (Wildman–Crippen MR) is 53.8 cm³/mol. The van der Waals surface area contributed by atoms with Crippen molar-refractivity contribution in [1.29, 1.82) is 0 Å². The van der Waals surface area contributed by atoms with Crippen molar-refractivity contribution >= 4 is 0 Å². The van der Waals surface area contributed by atoms with E-state index in [-0.39, 0.29) is 6.10 Å². The number of aryl methyl sites for hydroxylation is 1. The standard InChI is InChI=1S/C10H17N3O/c1-2-13-9(3-5-12-13)10-8(7-11)4-6-14-10/h3,5,8,10H,2,4,6-7,11H2,1H3/t8-,10+/m1/s1. The Morgan fingerprint density at radius 2 is 2.57 bits per heavy atom. The second-order valence-electron chi connectivity index (χ2n) is 3.65. The molecule has 0 unspecified atom stereocenters. The second-order valence-corrected chi connectivity index (χ2v) is 3.65. The van der Waals surface area contributed by atoms with Crippen LogP contribution in [-0.4, -0.2) is 22.9 Å². The fraction of sp³-hybridized carbons (Fsp3) is 0.700. The van der Waals surface area contributed by atoms with Gasteiger partial charge in [-0.3, -0.25) is 4.68 Å². The zero-order valence-electron chi connectivity index (χ0n) is 8.52. The van der Waals surface area contributed by atoms with Gasteiger partial charge in [0.05, 0.1) is 5.69 Å². The van der Waals surface area contributed by atoms with Crippen molar-refractivity contribution in [3.63, 3.8) is 0 Å². The molecule has 1 aromatic heterocycles. The molecule has 1 aliphatic rings. The van der Waals surface area contributed by atoms with Gasteiger partial charge < -0.3 is 10.5 Å². The quantitative estimate of drug-likeness (QED) is 0.781. The lowest BCUT2D eigenvalue weighted by Gasteiger charge is -2.17. The molecular weight excluding hydrogens is 178 g/mol. The first-order valence-electron chi connectivity index (χ1n) is 5.20. The van der Waals surface area contributed by atoms with Crippen LogP contribution in [0.2, 0.25) is 0 Å². The van der Waals surface area contributed by atoms with E-state index in [1.165, 1.54) is 5.69 Å². The van der Waals surface area contributed by atoms with Gasteiger partial charge >= 0.3 is 0 Å². The van der Waals surface area contributed by atoms with E-state index in [2.05, 4.69) is 12.0 Å². The molecular formula is C10H17N3O. The molecule has 2 heterocycles. The number of nitrogens with zero attached hydrogens (tertiary/aromatic N) is 2. The summed E-state index contributed by atoms with van der Waals surface area (Å²) in [6.45, 7) is 4.49. The van der Waals surface area contributed by atoms with Crippen LogP contribution >= 0.6 is 0 Å². The van der Waals surface area contributed by atoms with Gasteiger partial charge in [0.2, 0.25) is 0 Å². The van der Waals surface area contributed by atoms with Gasteiger partial charge in [-0.2, -0.15) is 5.10 Å². The Bertz CT molecular complexity index is 297. The lowest BCUT2D eigenvalue weighted by Crippen LogP contribution is -2.20. The average molecular weight is 195 g/mol. The summed E-state index contributed by atoms with van der Waals surface area (Å²) >= 11 is 0. The SMILES string of the molecule is CCn1nccc1[C@H]1OCC[C@@H]1CN. The van der Waals surface area contributed by atoms with Crippen LogP contribution in [0.3, 0.4) is 0 Å². The molecule has 4 nitrogen and oxygen atoms in total. The molecule has 2 rings (SSSR count). The molecule has 0 radical (unpaired) electrons. The zero-order chi connectivity index (χ0) is 9.97. The summed E-state index contributed by atoms with van der Waals surface area (Å²) in [7, 11) is 0. The highest BCUT2D eigenvalue weighted by atomic mass is 16.5. The molecule has 1 aliphatic heterocycles. The lowest BCUT2D eigenvalue weighted by atomic mass is 9.99. The number of nitrogens with two attached hydrogens (primary N) is 1. The minimum Gasteiger partial charge on any atom is -0.372 e. The Kier molecular flexibility index (Phi) is 2.84. The molecule has 2 N–H and O–H groups in total. The van der Waals surface area contributed by atoms with Crippen LogP contribution in [0.4, 0.5) is 0 Å². The Morgan fingerprint density at radius 3 is 3.29 bits per heavy atom. The molecule has 78 valence electrons. The topological polar surface area (TPSA) is 53.1 Å². The Hall–Kier alpha value is -0.870. The third-order valence-electron chi connectivity index (χ3n) is 2.86. The first-order chi connectivity index (χ1) is 6.86. The molecule has 0 bridgehead atoms. The third-order valence-corrected chi connectivity index (χ3v) is 2.86. The van der Waals surface area contributed by atoms with Crippen LogP contribution in [-0.2, 0) is 11.3 Å². The van der Waals surface area contributed by atoms with Crippen LogP contribution < -0.4 is 5.73 Å². The molecule has 0 saturated carbocycles. The van der Waals surface area contributed by atoms with Crippen LogP contribution in [0.1, 0.15) is 25.1 Å². The first-order valence-corrected chi connectivity index (χ1v) is 5.20. The largest absolute Gasteiger partial charge is 0.372 e. The second kappa shape index (κ2) is 4.11. The van der Waals surface area contributed by atoms with Gasteiger partial charge in [-0.15, -0.1) is 0 Å². The van der Waals surface area contributed by atoms with Gasteiger partial charge in [0, 0.05) is 25.3 Å². The van der Waals surface area contributed by atoms with Crippen LogP contribution in [0.25, 0.3) is 0 Å². The molecule has 1 fully saturated rings. The molecule has 4 heteroatoms. The number of rotatable bonds is 3. The predicted octanol–water partition coefficient (Wildman–Crippen LogP) is 0.939. The molecule has 0 amide bonds. The van der Waals surface area contributed by atoms with Crippen molar-refractivity contribution in [3.8, 4) is 0 Å². The normalized spacial score (nSPS) is 27.0. The summed E-state index contributed by atoms with van der Waals surface area (Å²) in [5, 5.41) is 4.24. The monoisotopic (exact) mass is 195 g/mol. The fourth-order valence-corrected chi connectivity index (χ4v) is 2.05. The van der Waals surface area contributed by atoms with E-state index >= 15 is 0 Å². The number of aromatic nitrogens is 2. The van der Waals surface area contributed by atoms with E-state index < -0.39 is 0 Å². The molecule has 1 aromatic rings. The van der Waals surface area contributed by atoms with Gasteiger partial charge in [0.25, 0.3) is 0 Å². The molecule has 2 atom stereocenters. The lowest BCUT2D eigenvalue weighted by molar-refractivity contribution is 0.0850. The minimum atomic E-state index is 0.155. The van der Waals surface area contributed by atoms with Crippen LogP contribution in [0.15, 0.2) is 12.3 Å². The highest BCUT2D eigenvalue weighted by Gasteiger charge is 2.30. The Labute approximate surface area is 84.0 Å². The third kappa shape index (κ3) is 1.55. The zero-order valence-corrected chi connectivity index (χ0v) is 8.52. The van der Waals surface area contributed by atoms with Crippen molar-refractivity contribution in [2.24, 2.45) is 11.7 Å². The van der Waals surface area contributed by atoms with Gasteiger partial charge in [-0.25, -0.2) is 0 Å². The minimum absolute atomic E-state index is 0.155. The van der Waals surface area contributed by atoms with E-state index in [0.717, 1.165) is 19.6 Å². The fourth-order valence-electron chi connectivity index (χ4n) is 2.05. The maximum absolute atomic E-state index is 5.71. The number of ether oxygens (including phenoxy) is 1. The van der Waals surface area contributed by atoms with Crippen LogP contribution in [0.5, 0.6) is 0 Å². The summed E-state index contributed by atoms with van der Waals surface area (Å²) in [6.07, 6.45) is 3.05. The Balaban J connectivity index is 2.21. The van der Waals surface area contributed by atoms with Crippen molar-refractivity contribution in [2.75, 3.05) is 13.2 Å². The molecule has 0 aliphatic carbocycles. The van der Waals surface area contributed by atoms with Gasteiger partial charge in [-0.1, -0.05) is 0 Å². The van der Waals surface area contributed by atoms with E-state index in [1.807, 2.05) is 16.9 Å². The van der Waals surface area contributed by atoms with Crippen molar-refractivity contribution in [1.82, 2.24) is 9.78 Å². The average Bonchev–Trinajstić information content (AvgIpc) is 2.85. The number of hydrogen-bond donors (Lipinski definition) is 1. The summed E-state index contributed by atoms with van der Waals surface area (Å²) in [5.74, 6) is 0.456. The van der Waals surface area contributed by atoms with Gasteiger partial charge in [-0.05, 0) is 26.0 Å². The van der Waals surface area contributed by atoms with Crippen molar-refractivity contribution in [3.05, 3.63) is 18.0 Å². The van der Waals surface area contributed by atoms with E-state index in [4.69, 9.17) is 10.5 Å². The van der Waals surface area contributed by atoms with E-state index in [0.29, 0.717) is 12.5 Å². The number of hydrogen-bond acceptors (Lipinski definition) is 3. The first kappa shape index (κ1) is 9.68. The molecule has 1 saturated heterocycles. The Morgan fingerprint density at radius 1 is 1.71 bits per heavy atom. The molecule has 0 aromatic carbocycles. The summed E-state index contributed by atoms with van der Waals surface area (Å²) in [6, 6.07) is 2.03. The van der Waals surface area contributed by atoms with E-state index in [9.17, 15) is 0 Å². The molecule has 14 heavy (non-hydrogen) atoms. The van der Waals surface area contributed by atoms with Gasteiger partial charge in [0.1, 0.15) is 6.10 Å². The van der Waals surface area contributed by atoms with Crippen LogP contribution in [0, 0.1) is 5.92 Å². The summed E-state index contributed by atoms with van der Waals surface area (Å²) in [4.78, 5) is 0. The maximum Gasteiger partial charge on any atom is 0.103 e. The molecule has 0 spiro atoms. The van der Waals surface area contributed by atoms with Gasteiger partial charge in [0.15, 0.2) is 0 Å². The highest BCUT2D eigenvalue weighted by Crippen LogP contribution is 2.33. The highest BCUT2D eigenvalue weighted by molar-refractivity contribution is 5.08. The summed E-state index contributed by atoms with van der Waals surface area (Å²) in [5.41, 5.74) is 6.88. The van der Waals surface area contributed by atoms with Crippen molar-refractivity contribution in [2.45, 2.75) is 26.0 Å². The maximum atomic E-state index is 5.71.